The highest BCUT2D eigenvalue weighted by molar-refractivity contribution is 5.14. The second-order valence-electron chi connectivity index (χ2n) is 3.62. The Bertz CT molecular complexity index is 225. The van der Waals surface area contributed by atoms with Crippen LogP contribution in [0.1, 0.15) is 20.3 Å². The summed E-state index contributed by atoms with van der Waals surface area (Å²) in [4.78, 5) is 0. The van der Waals surface area contributed by atoms with Gasteiger partial charge in [-0.1, -0.05) is 43.4 Å². The van der Waals surface area contributed by atoms with Crippen LogP contribution < -0.4 is 0 Å². The molecule has 0 saturated heterocycles. The molecule has 1 nitrogen and oxygen atoms in total. The fourth-order valence-electron chi connectivity index (χ4n) is 1.33. The second-order valence-corrected chi connectivity index (χ2v) is 3.62. The molecule has 0 spiro atoms. The summed E-state index contributed by atoms with van der Waals surface area (Å²) in [7, 11) is 0. The molecule has 13 heavy (non-hydrogen) atoms. The van der Waals surface area contributed by atoms with Gasteiger partial charge in [0.2, 0.25) is 0 Å². The van der Waals surface area contributed by atoms with Gasteiger partial charge in [-0.25, -0.2) is 0 Å². The second kappa shape index (κ2) is 5.03. The summed E-state index contributed by atoms with van der Waals surface area (Å²) in [6.07, 6.45) is 9.79. The van der Waals surface area contributed by atoms with E-state index in [-0.39, 0.29) is 6.10 Å². The van der Waals surface area contributed by atoms with Crippen molar-refractivity contribution >= 4 is 0 Å². The molecule has 0 bridgehead atoms. The predicted molar refractivity (Wildman–Crippen MR) is 56.6 cm³/mol. The van der Waals surface area contributed by atoms with Gasteiger partial charge < -0.3 is 4.74 Å². The summed E-state index contributed by atoms with van der Waals surface area (Å²) in [6.45, 7) is 8.82. The smallest absolute Gasteiger partial charge is 0.0818 e. The van der Waals surface area contributed by atoms with Crippen LogP contribution in [0.2, 0.25) is 0 Å². The van der Waals surface area contributed by atoms with Crippen molar-refractivity contribution in [2.45, 2.75) is 26.4 Å². The van der Waals surface area contributed by atoms with Crippen LogP contribution in [0, 0.1) is 5.92 Å². The molecule has 1 aliphatic heterocycles. The van der Waals surface area contributed by atoms with Crippen molar-refractivity contribution < 1.29 is 4.74 Å². The van der Waals surface area contributed by atoms with Crippen molar-refractivity contribution in [3.8, 4) is 0 Å². The van der Waals surface area contributed by atoms with Crippen molar-refractivity contribution in [3.05, 3.63) is 36.5 Å². The van der Waals surface area contributed by atoms with E-state index >= 15 is 0 Å². The minimum atomic E-state index is 0.218. The fraction of sp³-hybridized carbons (Fsp3) is 0.500. The molecule has 0 aliphatic carbocycles. The van der Waals surface area contributed by atoms with Crippen molar-refractivity contribution in [2.75, 3.05) is 6.61 Å². The highest BCUT2D eigenvalue weighted by Gasteiger charge is 2.13. The molecule has 0 radical (unpaired) electrons. The quantitative estimate of drug-likeness (QED) is 0.466. The van der Waals surface area contributed by atoms with Crippen molar-refractivity contribution in [3.63, 3.8) is 0 Å². The van der Waals surface area contributed by atoms with Gasteiger partial charge in [0.15, 0.2) is 0 Å². The van der Waals surface area contributed by atoms with Crippen molar-refractivity contribution in [2.24, 2.45) is 5.92 Å². The zero-order valence-corrected chi connectivity index (χ0v) is 8.49. The lowest BCUT2D eigenvalue weighted by molar-refractivity contribution is 0.0711. The average molecular weight is 178 g/mol. The van der Waals surface area contributed by atoms with Crippen LogP contribution in [-0.2, 0) is 4.74 Å². The molecular weight excluding hydrogens is 160 g/mol. The lowest BCUT2D eigenvalue weighted by Crippen LogP contribution is -2.16. The summed E-state index contributed by atoms with van der Waals surface area (Å²) in [5.41, 5.74) is 1.07. The van der Waals surface area contributed by atoms with Crippen LogP contribution in [0.25, 0.3) is 0 Å². The Kier molecular flexibility index (Phi) is 3.97. The molecule has 0 N–H and O–H groups in total. The van der Waals surface area contributed by atoms with Gasteiger partial charge in [0.1, 0.15) is 0 Å². The number of allylic oxidation sites excluding steroid dienone is 2. The minimum Gasteiger partial charge on any atom is -0.373 e. The molecule has 0 saturated carbocycles. The SMILES string of the molecule is C=C(C)/C=C/C1OCCC=CC1C. The third-order valence-corrected chi connectivity index (χ3v) is 2.12. The maximum Gasteiger partial charge on any atom is 0.0818 e. The van der Waals surface area contributed by atoms with Gasteiger partial charge in [0.25, 0.3) is 0 Å². The van der Waals surface area contributed by atoms with Crippen LogP contribution in [0.4, 0.5) is 0 Å². The molecule has 1 rings (SSSR count). The molecular formula is C12H18O. The Labute approximate surface area is 80.8 Å². The van der Waals surface area contributed by atoms with E-state index < -0.39 is 0 Å². The number of ether oxygens (including phenoxy) is 1. The van der Waals surface area contributed by atoms with E-state index in [1.54, 1.807) is 0 Å². The lowest BCUT2D eigenvalue weighted by atomic mass is 10.0. The zero-order valence-electron chi connectivity index (χ0n) is 8.49. The van der Waals surface area contributed by atoms with Gasteiger partial charge in [-0.3, -0.25) is 0 Å². The third kappa shape index (κ3) is 3.60. The highest BCUT2D eigenvalue weighted by Crippen LogP contribution is 2.15. The van der Waals surface area contributed by atoms with Crippen molar-refractivity contribution in [1.29, 1.82) is 0 Å². The third-order valence-electron chi connectivity index (χ3n) is 2.12. The average Bonchev–Trinajstić information content (AvgIpc) is 2.27. The first-order valence-electron chi connectivity index (χ1n) is 4.82. The van der Waals surface area contributed by atoms with Gasteiger partial charge in [-0.15, -0.1) is 0 Å². The number of hydrogen-bond donors (Lipinski definition) is 0. The summed E-state index contributed by atoms with van der Waals surface area (Å²) in [6, 6.07) is 0. The highest BCUT2D eigenvalue weighted by atomic mass is 16.5. The Morgan fingerprint density at radius 3 is 3.08 bits per heavy atom. The first-order chi connectivity index (χ1) is 6.20. The Balaban J connectivity index is 2.56. The molecule has 1 heterocycles. The van der Waals surface area contributed by atoms with Crippen LogP contribution >= 0.6 is 0 Å². The topological polar surface area (TPSA) is 9.23 Å². The molecule has 72 valence electrons. The van der Waals surface area contributed by atoms with E-state index in [4.69, 9.17) is 4.74 Å². The molecule has 2 unspecified atom stereocenters. The molecule has 1 aliphatic rings. The minimum absolute atomic E-state index is 0.218. The summed E-state index contributed by atoms with van der Waals surface area (Å²) >= 11 is 0. The molecule has 0 aromatic rings. The van der Waals surface area contributed by atoms with Crippen LogP contribution in [0.3, 0.4) is 0 Å². The Morgan fingerprint density at radius 2 is 2.38 bits per heavy atom. The predicted octanol–water partition coefficient (Wildman–Crippen LogP) is 3.10. The lowest BCUT2D eigenvalue weighted by Gasteiger charge is -2.16. The Morgan fingerprint density at radius 1 is 1.62 bits per heavy atom. The first kappa shape index (κ1) is 10.3. The normalized spacial score (nSPS) is 29.1. The summed E-state index contributed by atoms with van der Waals surface area (Å²) in [5.74, 6) is 0.470. The maximum absolute atomic E-state index is 5.68. The molecule has 0 aromatic heterocycles. The van der Waals surface area contributed by atoms with E-state index in [9.17, 15) is 0 Å². The van der Waals surface area contributed by atoms with Crippen molar-refractivity contribution in [1.82, 2.24) is 0 Å². The Hall–Kier alpha value is -0.820. The molecule has 0 fully saturated rings. The summed E-state index contributed by atoms with van der Waals surface area (Å²) < 4.78 is 5.68. The fourth-order valence-corrected chi connectivity index (χ4v) is 1.33. The van der Waals surface area contributed by atoms with E-state index in [2.05, 4.69) is 31.7 Å². The van der Waals surface area contributed by atoms with E-state index in [0.717, 1.165) is 18.6 Å². The monoisotopic (exact) mass is 178 g/mol. The van der Waals surface area contributed by atoms with E-state index in [0.29, 0.717) is 5.92 Å². The molecule has 1 heteroatoms. The number of hydrogen-bond acceptors (Lipinski definition) is 1. The van der Waals surface area contributed by atoms with Gasteiger partial charge in [-0.05, 0) is 13.3 Å². The maximum atomic E-state index is 5.68. The van der Waals surface area contributed by atoms with Crippen LogP contribution in [0.15, 0.2) is 36.5 Å². The zero-order chi connectivity index (χ0) is 9.68. The van der Waals surface area contributed by atoms with Crippen LogP contribution in [0.5, 0.6) is 0 Å². The molecule has 2 atom stereocenters. The molecule has 0 aromatic carbocycles. The van der Waals surface area contributed by atoms with E-state index in [1.165, 1.54) is 0 Å². The van der Waals surface area contributed by atoms with Gasteiger partial charge in [-0.2, -0.15) is 0 Å². The van der Waals surface area contributed by atoms with Gasteiger partial charge in [0.05, 0.1) is 12.7 Å². The standard InChI is InChI=1S/C12H18O/c1-10(2)7-8-12-11(3)6-4-5-9-13-12/h4,6-8,11-12H,1,5,9H2,2-3H3/b8-7+. The molecule has 0 amide bonds. The largest absolute Gasteiger partial charge is 0.373 e. The van der Waals surface area contributed by atoms with Crippen LogP contribution in [-0.4, -0.2) is 12.7 Å². The van der Waals surface area contributed by atoms with Gasteiger partial charge in [0, 0.05) is 5.92 Å². The first-order valence-corrected chi connectivity index (χ1v) is 4.82. The summed E-state index contributed by atoms with van der Waals surface area (Å²) in [5, 5.41) is 0. The van der Waals surface area contributed by atoms with E-state index in [1.807, 2.05) is 13.0 Å². The number of rotatable bonds is 2. The van der Waals surface area contributed by atoms with Gasteiger partial charge >= 0.3 is 0 Å².